The zero-order chi connectivity index (χ0) is 16.6. The van der Waals surface area contributed by atoms with Gasteiger partial charge in [0.1, 0.15) is 4.60 Å². The first kappa shape index (κ1) is 15.9. The molecule has 0 aliphatic heterocycles. The molecular formula is C16H13BrN2O3S. The standard InChI is InChI=1S/C16H13BrN2O3S/c1-23(21,22)12-8-6-11(7-9-12)10-19-16(20)14-5-3-2-4-13(14)15(17)18-19/h2-9H,10H2,1H3. The fourth-order valence-corrected chi connectivity index (χ4v) is 3.48. The molecule has 0 bridgehead atoms. The second-order valence-electron chi connectivity index (χ2n) is 5.22. The number of sulfone groups is 1. The first-order chi connectivity index (χ1) is 10.9. The first-order valence-electron chi connectivity index (χ1n) is 6.80. The number of nitrogens with zero attached hydrogens (tertiary/aromatic N) is 2. The second kappa shape index (κ2) is 5.90. The van der Waals surface area contributed by atoms with Crippen LogP contribution in [-0.2, 0) is 16.4 Å². The van der Waals surface area contributed by atoms with Gasteiger partial charge in [-0.15, -0.1) is 0 Å². The van der Waals surface area contributed by atoms with Crippen LogP contribution >= 0.6 is 15.9 Å². The predicted molar refractivity (Wildman–Crippen MR) is 92.4 cm³/mol. The van der Waals surface area contributed by atoms with Gasteiger partial charge in [0.05, 0.1) is 16.8 Å². The van der Waals surface area contributed by atoms with Crippen molar-refractivity contribution in [1.82, 2.24) is 9.78 Å². The van der Waals surface area contributed by atoms with Crippen LogP contribution in [0.5, 0.6) is 0 Å². The van der Waals surface area contributed by atoms with Crippen LogP contribution in [0.25, 0.3) is 10.8 Å². The van der Waals surface area contributed by atoms with Gasteiger partial charge in [-0.05, 0) is 39.7 Å². The number of fused-ring (bicyclic) bond motifs is 1. The van der Waals surface area contributed by atoms with Crippen LogP contribution in [0.2, 0.25) is 0 Å². The Kier molecular flexibility index (Phi) is 4.08. The Morgan fingerprint density at radius 3 is 2.26 bits per heavy atom. The third-order valence-electron chi connectivity index (χ3n) is 3.51. The Hall–Kier alpha value is -1.99. The topological polar surface area (TPSA) is 69.0 Å². The highest BCUT2D eigenvalue weighted by molar-refractivity contribution is 9.10. The van der Waals surface area contributed by atoms with Gasteiger partial charge in [-0.25, -0.2) is 13.1 Å². The Labute approximate surface area is 141 Å². The molecule has 0 aliphatic carbocycles. The van der Waals surface area contributed by atoms with Gasteiger partial charge in [0.2, 0.25) is 0 Å². The molecular weight excluding hydrogens is 380 g/mol. The van der Waals surface area contributed by atoms with E-state index >= 15 is 0 Å². The van der Waals surface area contributed by atoms with Gasteiger partial charge in [0.15, 0.2) is 9.84 Å². The molecule has 7 heteroatoms. The Morgan fingerprint density at radius 1 is 1.04 bits per heavy atom. The summed E-state index contributed by atoms with van der Waals surface area (Å²) in [6.45, 7) is 0.270. The third kappa shape index (κ3) is 3.20. The number of benzene rings is 2. The summed E-state index contributed by atoms with van der Waals surface area (Å²) in [6.07, 6.45) is 1.16. The van der Waals surface area contributed by atoms with Gasteiger partial charge in [-0.3, -0.25) is 4.79 Å². The molecule has 0 radical (unpaired) electrons. The highest BCUT2D eigenvalue weighted by Crippen LogP contribution is 2.18. The lowest BCUT2D eigenvalue weighted by molar-refractivity contribution is 0.601. The lowest BCUT2D eigenvalue weighted by atomic mass is 10.2. The molecule has 3 rings (SSSR count). The maximum atomic E-state index is 12.5. The van der Waals surface area contributed by atoms with E-state index in [1.165, 1.54) is 16.8 Å². The zero-order valence-electron chi connectivity index (χ0n) is 12.2. The lowest BCUT2D eigenvalue weighted by Gasteiger charge is -2.08. The van der Waals surface area contributed by atoms with Gasteiger partial charge < -0.3 is 0 Å². The summed E-state index contributed by atoms with van der Waals surface area (Å²) in [4.78, 5) is 12.7. The summed E-state index contributed by atoms with van der Waals surface area (Å²) in [7, 11) is -3.23. The monoisotopic (exact) mass is 392 g/mol. The van der Waals surface area contributed by atoms with E-state index in [1.54, 1.807) is 24.3 Å². The molecule has 23 heavy (non-hydrogen) atoms. The molecule has 5 nitrogen and oxygen atoms in total. The van der Waals surface area contributed by atoms with Crippen molar-refractivity contribution in [2.45, 2.75) is 11.4 Å². The number of rotatable bonds is 3. The van der Waals surface area contributed by atoms with E-state index in [0.717, 1.165) is 17.2 Å². The SMILES string of the molecule is CS(=O)(=O)c1ccc(Cn2nc(Br)c3ccccc3c2=O)cc1. The molecule has 0 saturated heterocycles. The first-order valence-corrected chi connectivity index (χ1v) is 9.49. The molecule has 0 saturated carbocycles. The maximum absolute atomic E-state index is 12.5. The molecule has 0 spiro atoms. The van der Waals surface area contributed by atoms with Crippen LogP contribution in [0.1, 0.15) is 5.56 Å². The summed E-state index contributed by atoms with van der Waals surface area (Å²) < 4.78 is 24.9. The lowest BCUT2D eigenvalue weighted by Crippen LogP contribution is -2.24. The molecule has 3 aromatic rings. The third-order valence-corrected chi connectivity index (χ3v) is 5.22. The summed E-state index contributed by atoms with van der Waals surface area (Å²) in [6, 6.07) is 13.7. The van der Waals surface area contributed by atoms with Crippen molar-refractivity contribution in [1.29, 1.82) is 0 Å². The minimum atomic E-state index is -3.23. The number of hydrogen-bond donors (Lipinski definition) is 0. The maximum Gasteiger partial charge on any atom is 0.275 e. The molecule has 1 aromatic heterocycles. The second-order valence-corrected chi connectivity index (χ2v) is 7.98. The van der Waals surface area contributed by atoms with E-state index in [9.17, 15) is 13.2 Å². The summed E-state index contributed by atoms with van der Waals surface area (Å²) >= 11 is 3.38. The van der Waals surface area contributed by atoms with Crippen molar-refractivity contribution in [3.05, 3.63) is 69.1 Å². The molecule has 0 atom stereocenters. The Bertz CT molecular complexity index is 1040. The minimum absolute atomic E-state index is 0.184. The van der Waals surface area contributed by atoms with Crippen LogP contribution < -0.4 is 5.56 Å². The van der Waals surface area contributed by atoms with Crippen LogP contribution in [0.3, 0.4) is 0 Å². The molecule has 2 aromatic carbocycles. The Balaban J connectivity index is 2.02. The zero-order valence-corrected chi connectivity index (χ0v) is 14.6. The van der Waals surface area contributed by atoms with E-state index in [2.05, 4.69) is 21.0 Å². The number of aromatic nitrogens is 2. The molecule has 0 amide bonds. The van der Waals surface area contributed by atoms with E-state index in [1.807, 2.05) is 12.1 Å². The molecule has 0 N–H and O–H groups in total. The van der Waals surface area contributed by atoms with E-state index in [4.69, 9.17) is 0 Å². The molecule has 118 valence electrons. The van der Waals surface area contributed by atoms with E-state index in [0.29, 0.717) is 9.99 Å². The highest BCUT2D eigenvalue weighted by atomic mass is 79.9. The number of halogens is 1. The molecule has 1 heterocycles. The van der Waals surface area contributed by atoms with Crippen LogP contribution in [0.4, 0.5) is 0 Å². The molecule has 0 unspecified atom stereocenters. The van der Waals surface area contributed by atoms with Crippen LogP contribution in [-0.4, -0.2) is 24.5 Å². The van der Waals surface area contributed by atoms with Crippen molar-refractivity contribution in [2.24, 2.45) is 0 Å². The Morgan fingerprint density at radius 2 is 1.65 bits per heavy atom. The average Bonchev–Trinajstić information content (AvgIpc) is 2.52. The number of hydrogen-bond acceptors (Lipinski definition) is 4. The van der Waals surface area contributed by atoms with Crippen molar-refractivity contribution < 1.29 is 8.42 Å². The predicted octanol–water partition coefficient (Wildman–Crippen LogP) is 2.61. The molecule has 0 fully saturated rings. The van der Waals surface area contributed by atoms with Crippen molar-refractivity contribution in [3.63, 3.8) is 0 Å². The minimum Gasteiger partial charge on any atom is -0.267 e. The van der Waals surface area contributed by atoms with Crippen LogP contribution in [0.15, 0.2) is 62.8 Å². The van der Waals surface area contributed by atoms with Gasteiger partial charge in [-0.2, -0.15) is 5.10 Å². The summed E-state index contributed by atoms with van der Waals surface area (Å²) in [5.41, 5.74) is 0.616. The van der Waals surface area contributed by atoms with Crippen molar-refractivity contribution in [2.75, 3.05) is 6.26 Å². The fourth-order valence-electron chi connectivity index (χ4n) is 2.32. The van der Waals surface area contributed by atoms with E-state index < -0.39 is 9.84 Å². The van der Waals surface area contributed by atoms with Crippen molar-refractivity contribution >= 4 is 36.5 Å². The smallest absolute Gasteiger partial charge is 0.267 e. The summed E-state index contributed by atoms with van der Waals surface area (Å²) in [5, 5.41) is 5.62. The van der Waals surface area contributed by atoms with Gasteiger partial charge >= 0.3 is 0 Å². The fraction of sp³-hybridized carbons (Fsp3) is 0.125. The van der Waals surface area contributed by atoms with Crippen molar-refractivity contribution in [3.8, 4) is 0 Å². The summed E-state index contributed by atoms with van der Waals surface area (Å²) in [5.74, 6) is 0. The quantitative estimate of drug-likeness (QED) is 0.686. The largest absolute Gasteiger partial charge is 0.275 e. The normalized spacial score (nSPS) is 11.7. The molecule has 0 aliphatic rings. The van der Waals surface area contributed by atoms with Gasteiger partial charge in [0, 0.05) is 11.6 Å². The van der Waals surface area contributed by atoms with E-state index in [-0.39, 0.29) is 17.0 Å². The highest BCUT2D eigenvalue weighted by Gasteiger charge is 2.10. The van der Waals surface area contributed by atoms with Gasteiger partial charge in [-0.1, -0.05) is 30.3 Å². The average molecular weight is 393 g/mol. The van der Waals surface area contributed by atoms with Crippen LogP contribution in [0, 0.1) is 0 Å². The van der Waals surface area contributed by atoms with Gasteiger partial charge in [0.25, 0.3) is 5.56 Å².